The lowest BCUT2D eigenvalue weighted by molar-refractivity contribution is 0.0941. The molecule has 34 heavy (non-hydrogen) atoms. The molecule has 0 fully saturated rings. The minimum Gasteiger partial charge on any atom is -0.497 e. The number of carbonyl (C=O) groups is 1. The predicted octanol–water partition coefficient (Wildman–Crippen LogP) is 4.41. The highest BCUT2D eigenvalue weighted by Crippen LogP contribution is 2.30. The lowest BCUT2D eigenvalue weighted by Gasteiger charge is -2.20. The van der Waals surface area contributed by atoms with Gasteiger partial charge in [-0.15, -0.1) is 0 Å². The minimum absolute atomic E-state index is 0.243. The number of methoxy groups -OCH3 is 2. The molecule has 2 aromatic carbocycles. The number of hydrogen-bond donors (Lipinski definition) is 1. The molecule has 0 aliphatic rings. The van der Waals surface area contributed by atoms with E-state index in [1.807, 2.05) is 55.9 Å². The monoisotopic (exact) mass is 479 g/mol. The third-order valence-electron chi connectivity index (χ3n) is 5.68. The first-order valence-corrected chi connectivity index (χ1v) is 11.0. The van der Waals surface area contributed by atoms with Crippen LogP contribution in [0.3, 0.4) is 0 Å². The summed E-state index contributed by atoms with van der Waals surface area (Å²) in [5.74, 6) is 1.68. The minimum atomic E-state index is -0.522. The Morgan fingerprint density at radius 2 is 1.71 bits per heavy atom. The van der Waals surface area contributed by atoms with Gasteiger partial charge in [0, 0.05) is 31.1 Å². The van der Waals surface area contributed by atoms with Crippen LogP contribution in [0.4, 0.5) is 0 Å². The summed E-state index contributed by atoms with van der Waals surface area (Å²) in [5, 5.41) is 8.20. The highest BCUT2D eigenvalue weighted by molar-refractivity contribution is 6.31. The largest absolute Gasteiger partial charge is 0.497 e. The second-order valence-corrected chi connectivity index (χ2v) is 8.27. The van der Waals surface area contributed by atoms with E-state index in [1.54, 1.807) is 43.3 Å². The van der Waals surface area contributed by atoms with Gasteiger partial charge in [0.15, 0.2) is 0 Å². The van der Waals surface area contributed by atoms with Crippen molar-refractivity contribution < 1.29 is 14.3 Å². The van der Waals surface area contributed by atoms with Crippen LogP contribution in [0, 0.1) is 13.8 Å². The zero-order valence-electron chi connectivity index (χ0n) is 19.7. The van der Waals surface area contributed by atoms with Crippen LogP contribution in [0.15, 0.2) is 54.9 Å². The van der Waals surface area contributed by atoms with Gasteiger partial charge in [-0.25, -0.2) is 9.67 Å². The van der Waals surface area contributed by atoms with Crippen molar-refractivity contribution in [2.75, 3.05) is 14.2 Å². The normalized spacial score (nSPS) is 11.8. The standard InChI is InChI=1S/C25H26ClN5O3/c1-15-22(26)16(2)31(29-15)19-8-6-17(7-9-19)25(32)28-23(24-27-10-11-30(24)3)18-12-20(33-4)14-21(13-18)34-5/h6-14,23H,1-5H3,(H,28,32). The molecule has 2 heterocycles. The SMILES string of the molecule is COc1cc(OC)cc(C(NC(=O)c2ccc(-n3nc(C)c(Cl)c3C)cc2)c2nccn2C)c1. The van der Waals surface area contributed by atoms with Gasteiger partial charge in [0.05, 0.1) is 36.3 Å². The van der Waals surface area contributed by atoms with Crippen molar-refractivity contribution in [2.45, 2.75) is 19.9 Å². The van der Waals surface area contributed by atoms with Gasteiger partial charge in [0.2, 0.25) is 0 Å². The average Bonchev–Trinajstić information content (AvgIpc) is 3.39. The second-order valence-electron chi connectivity index (χ2n) is 7.89. The van der Waals surface area contributed by atoms with E-state index in [0.717, 1.165) is 22.6 Å². The Balaban J connectivity index is 1.65. The van der Waals surface area contributed by atoms with Crippen molar-refractivity contribution in [1.82, 2.24) is 24.6 Å². The molecule has 1 atom stereocenters. The summed E-state index contributed by atoms with van der Waals surface area (Å²) >= 11 is 6.28. The van der Waals surface area contributed by atoms with Crippen molar-refractivity contribution in [3.8, 4) is 17.2 Å². The van der Waals surface area contributed by atoms with E-state index in [0.29, 0.717) is 27.9 Å². The van der Waals surface area contributed by atoms with Crippen molar-refractivity contribution >= 4 is 17.5 Å². The van der Waals surface area contributed by atoms with Crippen LogP contribution in [-0.4, -0.2) is 39.5 Å². The molecule has 1 unspecified atom stereocenters. The molecule has 1 N–H and O–H groups in total. The molecule has 0 saturated heterocycles. The number of amides is 1. The fraction of sp³-hybridized carbons (Fsp3) is 0.240. The summed E-state index contributed by atoms with van der Waals surface area (Å²) in [6, 6.07) is 12.2. The molecule has 2 aromatic heterocycles. The number of ether oxygens (including phenoxy) is 2. The summed E-state index contributed by atoms with van der Waals surface area (Å²) in [4.78, 5) is 17.7. The number of aryl methyl sites for hydroxylation is 2. The third-order valence-corrected chi connectivity index (χ3v) is 6.22. The van der Waals surface area contributed by atoms with E-state index < -0.39 is 6.04 Å². The number of rotatable bonds is 7. The topological polar surface area (TPSA) is 83.2 Å². The van der Waals surface area contributed by atoms with E-state index >= 15 is 0 Å². The Morgan fingerprint density at radius 3 is 2.21 bits per heavy atom. The Labute approximate surface area is 203 Å². The van der Waals surface area contributed by atoms with Crippen molar-refractivity contribution in [3.63, 3.8) is 0 Å². The molecule has 0 aliphatic carbocycles. The number of benzene rings is 2. The first-order chi connectivity index (χ1) is 16.3. The number of hydrogen-bond acceptors (Lipinski definition) is 5. The van der Waals surface area contributed by atoms with Gasteiger partial charge >= 0.3 is 0 Å². The number of halogens is 1. The van der Waals surface area contributed by atoms with E-state index in [2.05, 4.69) is 15.4 Å². The molecule has 9 heteroatoms. The second kappa shape index (κ2) is 9.61. The summed E-state index contributed by atoms with van der Waals surface area (Å²) in [7, 11) is 5.06. The van der Waals surface area contributed by atoms with E-state index in [1.165, 1.54) is 0 Å². The molecular formula is C25H26ClN5O3. The molecule has 176 valence electrons. The van der Waals surface area contributed by atoms with Crippen molar-refractivity contribution in [3.05, 3.63) is 88.2 Å². The van der Waals surface area contributed by atoms with E-state index in [-0.39, 0.29) is 5.91 Å². The zero-order valence-corrected chi connectivity index (χ0v) is 20.4. The average molecular weight is 480 g/mol. The molecule has 0 saturated carbocycles. The first kappa shape index (κ1) is 23.4. The van der Waals surface area contributed by atoms with Gasteiger partial charge in [-0.05, 0) is 55.8 Å². The van der Waals surface area contributed by atoms with Gasteiger partial charge in [-0.3, -0.25) is 4.79 Å². The van der Waals surface area contributed by atoms with Gasteiger partial charge in [0.25, 0.3) is 5.91 Å². The highest BCUT2D eigenvalue weighted by Gasteiger charge is 2.23. The van der Waals surface area contributed by atoms with E-state index in [4.69, 9.17) is 21.1 Å². The Hall–Kier alpha value is -3.78. The molecule has 4 aromatic rings. The number of nitrogens with one attached hydrogen (secondary N) is 1. The molecule has 8 nitrogen and oxygen atoms in total. The van der Waals surface area contributed by atoms with Crippen LogP contribution in [0.2, 0.25) is 5.02 Å². The van der Waals surface area contributed by atoms with Gasteiger partial charge in [-0.2, -0.15) is 5.10 Å². The van der Waals surface area contributed by atoms with Gasteiger partial charge in [0.1, 0.15) is 23.4 Å². The number of aromatic nitrogens is 4. The van der Waals surface area contributed by atoms with Gasteiger partial charge < -0.3 is 19.4 Å². The molecule has 0 aliphatic heterocycles. The maximum atomic E-state index is 13.3. The Kier molecular flexibility index (Phi) is 6.61. The van der Waals surface area contributed by atoms with Crippen LogP contribution >= 0.6 is 11.6 Å². The summed E-state index contributed by atoms with van der Waals surface area (Å²) < 4.78 is 14.5. The predicted molar refractivity (Wildman–Crippen MR) is 130 cm³/mol. The van der Waals surface area contributed by atoms with Crippen LogP contribution in [0.25, 0.3) is 5.69 Å². The summed E-state index contributed by atoms with van der Waals surface area (Å²) in [5.41, 5.74) is 3.71. The fourth-order valence-corrected chi connectivity index (χ4v) is 3.91. The first-order valence-electron chi connectivity index (χ1n) is 10.7. The van der Waals surface area contributed by atoms with Crippen LogP contribution in [0.1, 0.15) is 39.2 Å². The van der Waals surface area contributed by atoms with Crippen LogP contribution in [0.5, 0.6) is 11.5 Å². The zero-order chi connectivity index (χ0) is 24.4. The summed E-state index contributed by atoms with van der Waals surface area (Å²) in [6.45, 7) is 3.77. The number of imidazole rings is 1. The van der Waals surface area contributed by atoms with E-state index in [9.17, 15) is 4.79 Å². The Morgan fingerprint density at radius 1 is 1.06 bits per heavy atom. The summed E-state index contributed by atoms with van der Waals surface area (Å²) in [6.07, 6.45) is 3.53. The smallest absolute Gasteiger partial charge is 0.252 e. The quantitative estimate of drug-likeness (QED) is 0.424. The Bertz CT molecular complexity index is 1300. The van der Waals surface area contributed by atoms with Gasteiger partial charge in [-0.1, -0.05) is 11.6 Å². The third kappa shape index (κ3) is 4.49. The fourth-order valence-electron chi connectivity index (χ4n) is 3.79. The van der Waals surface area contributed by atoms with Crippen LogP contribution in [-0.2, 0) is 7.05 Å². The highest BCUT2D eigenvalue weighted by atomic mass is 35.5. The molecule has 0 radical (unpaired) electrons. The molecule has 4 rings (SSSR count). The van der Waals surface area contributed by atoms with Crippen molar-refractivity contribution in [1.29, 1.82) is 0 Å². The molecule has 0 bridgehead atoms. The molecular weight excluding hydrogens is 454 g/mol. The molecule has 1 amide bonds. The maximum Gasteiger partial charge on any atom is 0.252 e. The lowest BCUT2D eigenvalue weighted by atomic mass is 10.0. The number of carbonyl (C=O) groups excluding carboxylic acids is 1. The van der Waals surface area contributed by atoms with Crippen LogP contribution < -0.4 is 14.8 Å². The number of nitrogens with zero attached hydrogens (tertiary/aromatic N) is 4. The maximum absolute atomic E-state index is 13.3. The van der Waals surface area contributed by atoms with Crippen molar-refractivity contribution in [2.24, 2.45) is 7.05 Å². The molecule has 0 spiro atoms. The lowest BCUT2D eigenvalue weighted by Crippen LogP contribution is -2.31.